The number of pyridine rings is 1. The summed E-state index contributed by atoms with van der Waals surface area (Å²) in [5, 5.41) is 18.3. The minimum atomic E-state index is -1.06. The zero-order chi connectivity index (χ0) is 12.5. The fourth-order valence-corrected chi connectivity index (χ4v) is 1.85. The van der Waals surface area contributed by atoms with Gasteiger partial charge in [-0.1, -0.05) is 17.3 Å². The van der Waals surface area contributed by atoms with Gasteiger partial charge in [-0.25, -0.2) is 9.48 Å². The average molecular weight is 240 g/mol. The van der Waals surface area contributed by atoms with Crippen molar-refractivity contribution < 1.29 is 9.90 Å². The van der Waals surface area contributed by atoms with Crippen LogP contribution in [0.3, 0.4) is 0 Å². The molecule has 18 heavy (non-hydrogen) atoms. The Balaban J connectivity index is 2.32. The van der Waals surface area contributed by atoms with Gasteiger partial charge in [0.1, 0.15) is 0 Å². The lowest BCUT2D eigenvalue weighted by molar-refractivity contribution is 0.0687. The van der Waals surface area contributed by atoms with E-state index in [2.05, 4.69) is 15.3 Å². The van der Waals surface area contributed by atoms with Crippen LogP contribution in [0.25, 0.3) is 16.5 Å². The molecule has 1 N–H and O–H groups in total. The fraction of sp³-hybridized carbons (Fsp3) is 0. The molecular weight excluding hydrogens is 232 g/mol. The van der Waals surface area contributed by atoms with Gasteiger partial charge < -0.3 is 5.11 Å². The molecule has 0 aliphatic heterocycles. The van der Waals surface area contributed by atoms with Crippen molar-refractivity contribution in [2.45, 2.75) is 0 Å². The number of aromatic carboxylic acids is 1. The van der Waals surface area contributed by atoms with Crippen LogP contribution in [0.2, 0.25) is 0 Å². The molecule has 0 atom stereocenters. The Morgan fingerprint density at radius 2 is 2.11 bits per heavy atom. The number of carboxylic acids is 1. The molecule has 0 saturated heterocycles. The number of carbonyl (C=O) groups is 1. The molecular formula is C12H8N4O2. The summed E-state index contributed by atoms with van der Waals surface area (Å²) in [7, 11) is 0. The molecule has 0 spiro atoms. The van der Waals surface area contributed by atoms with Gasteiger partial charge in [0.15, 0.2) is 5.69 Å². The second-order valence-corrected chi connectivity index (χ2v) is 3.71. The van der Waals surface area contributed by atoms with Crippen LogP contribution in [0.5, 0.6) is 0 Å². The van der Waals surface area contributed by atoms with E-state index in [1.807, 2.05) is 18.2 Å². The van der Waals surface area contributed by atoms with E-state index < -0.39 is 5.97 Å². The Kier molecular flexibility index (Phi) is 2.26. The first-order chi connectivity index (χ1) is 8.77. The number of hydrogen-bond donors (Lipinski definition) is 1. The highest BCUT2D eigenvalue weighted by atomic mass is 16.4. The predicted molar refractivity (Wildman–Crippen MR) is 63.6 cm³/mol. The Labute approximate surface area is 102 Å². The van der Waals surface area contributed by atoms with Gasteiger partial charge in [0.25, 0.3) is 0 Å². The second-order valence-electron chi connectivity index (χ2n) is 3.71. The largest absolute Gasteiger partial charge is 0.476 e. The van der Waals surface area contributed by atoms with Crippen LogP contribution in [-0.2, 0) is 0 Å². The predicted octanol–water partition coefficient (Wildman–Crippen LogP) is 1.51. The second kappa shape index (κ2) is 3.92. The van der Waals surface area contributed by atoms with Crippen LogP contribution in [0.15, 0.2) is 42.9 Å². The molecule has 6 nitrogen and oxygen atoms in total. The summed E-state index contributed by atoms with van der Waals surface area (Å²) < 4.78 is 1.31. The van der Waals surface area contributed by atoms with E-state index in [4.69, 9.17) is 5.11 Å². The van der Waals surface area contributed by atoms with Gasteiger partial charge in [0.05, 0.1) is 11.9 Å². The summed E-state index contributed by atoms with van der Waals surface area (Å²) in [5.41, 5.74) is 0.698. The minimum absolute atomic E-state index is 0.0271. The van der Waals surface area contributed by atoms with E-state index in [1.165, 1.54) is 10.9 Å². The van der Waals surface area contributed by atoms with Crippen molar-refractivity contribution in [2.75, 3.05) is 0 Å². The zero-order valence-electron chi connectivity index (χ0n) is 9.19. The highest BCUT2D eigenvalue weighted by molar-refractivity contribution is 5.92. The molecule has 3 aromatic rings. The first-order valence-electron chi connectivity index (χ1n) is 5.24. The first kappa shape index (κ1) is 10.4. The summed E-state index contributed by atoms with van der Waals surface area (Å²) in [6.45, 7) is 0. The molecule has 88 valence electrons. The van der Waals surface area contributed by atoms with Gasteiger partial charge in [0, 0.05) is 23.2 Å². The van der Waals surface area contributed by atoms with Crippen LogP contribution in [-0.4, -0.2) is 31.1 Å². The summed E-state index contributed by atoms with van der Waals surface area (Å²) in [6, 6.07) is 7.34. The Morgan fingerprint density at radius 1 is 1.22 bits per heavy atom. The lowest BCUT2D eigenvalue weighted by Gasteiger charge is -2.06. The van der Waals surface area contributed by atoms with E-state index in [9.17, 15) is 4.79 Å². The fourth-order valence-electron chi connectivity index (χ4n) is 1.85. The number of rotatable bonds is 2. The molecule has 0 fully saturated rings. The third-order valence-corrected chi connectivity index (χ3v) is 2.65. The van der Waals surface area contributed by atoms with E-state index in [0.29, 0.717) is 5.69 Å². The molecule has 0 unspecified atom stereocenters. The number of nitrogens with zero attached hydrogens (tertiary/aromatic N) is 4. The molecule has 2 aromatic heterocycles. The normalized spacial score (nSPS) is 10.7. The molecule has 6 heteroatoms. The van der Waals surface area contributed by atoms with Crippen molar-refractivity contribution in [1.82, 2.24) is 20.0 Å². The van der Waals surface area contributed by atoms with E-state index in [1.54, 1.807) is 18.5 Å². The molecule has 0 amide bonds. The van der Waals surface area contributed by atoms with E-state index in [0.717, 1.165) is 10.8 Å². The standard InChI is InChI=1S/C12H8N4O2/c17-12(18)11-7-14-15-16(11)10-3-1-2-8-6-13-5-4-9(8)10/h1-7H,(H,17,18). The Morgan fingerprint density at radius 3 is 2.94 bits per heavy atom. The SMILES string of the molecule is O=C(O)c1cnnn1-c1cccc2cnccc12. The molecule has 2 heterocycles. The third-order valence-electron chi connectivity index (χ3n) is 2.65. The van der Waals surface area contributed by atoms with Gasteiger partial charge in [-0.2, -0.15) is 0 Å². The molecule has 0 saturated carbocycles. The minimum Gasteiger partial charge on any atom is -0.476 e. The quantitative estimate of drug-likeness (QED) is 0.734. The first-order valence-corrected chi connectivity index (χ1v) is 5.24. The van der Waals surface area contributed by atoms with Crippen molar-refractivity contribution >= 4 is 16.7 Å². The number of aromatic nitrogens is 4. The van der Waals surface area contributed by atoms with E-state index in [-0.39, 0.29) is 5.69 Å². The Hall–Kier alpha value is -2.76. The molecule has 1 aromatic carbocycles. The zero-order valence-corrected chi connectivity index (χ0v) is 9.19. The lowest BCUT2D eigenvalue weighted by Crippen LogP contribution is -2.08. The lowest BCUT2D eigenvalue weighted by atomic mass is 10.1. The van der Waals surface area contributed by atoms with Gasteiger partial charge in [0.2, 0.25) is 0 Å². The number of fused-ring (bicyclic) bond motifs is 1. The van der Waals surface area contributed by atoms with Gasteiger partial charge >= 0.3 is 5.97 Å². The average Bonchev–Trinajstić information content (AvgIpc) is 2.87. The maximum atomic E-state index is 11.1. The topological polar surface area (TPSA) is 80.9 Å². The van der Waals surface area contributed by atoms with Gasteiger partial charge in [-0.3, -0.25) is 4.98 Å². The van der Waals surface area contributed by atoms with Crippen LogP contribution in [0.1, 0.15) is 10.5 Å². The molecule has 0 aliphatic carbocycles. The van der Waals surface area contributed by atoms with E-state index >= 15 is 0 Å². The van der Waals surface area contributed by atoms with Crippen molar-refractivity contribution in [3.05, 3.63) is 48.5 Å². The number of carboxylic acid groups (broad SMARTS) is 1. The van der Waals surface area contributed by atoms with Crippen molar-refractivity contribution in [2.24, 2.45) is 0 Å². The van der Waals surface area contributed by atoms with Crippen LogP contribution in [0.4, 0.5) is 0 Å². The highest BCUT2D eigenvalue weighted by Crippen LogP contribution is 2.21. The van der Waals surface area contributed by atoms with Crippen LogP contribution < -0.4 is 0 Å². The summed E-state index contributed by atoms with van der Waals surface area (Å²) >= 11 is 0. The molecule has 0 bridgehead atoms. The molecule has 3 rings (SSSR count). The summed E-state index contributed by atoms with van der Waals surface area (Å²) in [5.74, 6) is -1.06. The monoisotopic (exact) mass is 240 g/mol. The van der Waals surface area contributed by atoms with Crippen molar-refractivity contribution in [3.8, 4) is 5.69 Å². The summed E-state index contributed by atoms with van der Waals surface area (Å²) in [4.78, 5) is 15.1. The Bertz CT molecular complexity index is 730. The summed E-state index contributed by atoms with van der Waals surface area (Å²) in [6.07, 6.45) is 4.60. The third kappa shape index (κ3) is 1.51. The number of hydrogen-bond acceptors (Lipinski definition) is 4. The van der Waals surface area contributed by atoms with Gasteiger partial charge in [-0.05, 0) is 12.1 Å². The van der Waals surface area contributed by atoms with Crippen LogP contribution >= 0.6 is 0 Å². The highest BCUT2D eigenvalue weighted by Gasteiger charge is 2.14. The van der Waals surface area contributed by atoms with Crippen molar-refractivity contribution in [1.29, 1.82) is 0 Å². The maximum Gasteiger partial charge on any atom is 0.356 e. The van der Waals surface area contributed by atoms with Gasteiger partial charge in [-0.15, -0.1) is 5.10 Å². The van der Waals surface area contributed by atoms with Crippen LogP contribution in [0, 0.1) is 0 Å². The molecule has 0 aliphatic rings. The smallest absolute Gasteiger partial charge is 0.356 e. The molecule has 0 radical (unpaired) electrons. The number of benzene rings is 1. The maximum absolute atomic E-state index is 11.1. The van der Waals surface area contributed by atoms with Crippen molar-refractivity contribution in [3.63, 3.8) is 0 Å².